The molecule has 0 radical (unpaired) electrons. The maximum atomic E-state index is 12.9. The first-order valence-electron chi connectivity index (χ1n) is 21.5. The van der Waals surface area contributed by atoms with Crippen molar-refractivity contribution in [3.63, 3.8) is 0 Å². The van der Waals surface area contributed by atoms with Gasteiger partial charge in [-0.25, -0.2) is 22.9 Å². The maximum absolute atomic E-state index is 12.9. The van der Waals surface area contributed by atoms with Gasteiger partial charge in [0, 0.05) is 23.0 Å². The molecule has 0 spiro atoms. The molecule has 1 atom stereocenters. The van der Waals surface area contributed by atoms with Crippen LogP contribution in [0.2, 0.25) is 10.0 Å². The molecule has 326 valence electrons. The predicted octanol–water partition coefficient (Wildman–Crippen LogP) is 12.1. The summed E-state index contributed by atoms with van der Waals surface area (Å²) in [5.74, 6) is 0.0546. The van der Waals surface area contributed by atoms with E-state index in [9.17, 15) is 13.2 Å². The van der Waals surface area contributed by atoms with Crippen LogP contribution in [0.1, 0.15) is 119 Å². The van der Waals surface area contributed by atoms with Gasteiger partial charge in [0.25, 0.3) is 10.0 Å². The molecule has 2 heterocycles. The van der Waals surface area contributed by atoms with Gasteiger partial charge in [-0.1, -0.05) is 168 Å². The van der Waals surface area contributed by atoms with Crippen LogP contribution in [-0.4, -0.2) is 50.3 Å². The largest absolute Gasteiger partial charge is 0.450 e. The van der Waals surface area contributed by atoms with Crippen LogP contribution < -0.4 is 15.1 Å². The lowest BCUT2D eigenvalue weighted by atomic mass is 9.91. The van der Waals surface area contributed by atoms with Crippen LogP contribution in [0.4, 0.5) is 0 Å². The lowest BCUT2D eigenvalue weighted by Crippen LogP contribution is -2.41. The minimum atomic E-state index is -3.86. The monoisotopic (exact) mass is 887 g/mol. The van der Waals surface area contributed by atoms with Crippen LogP contribution in [0, 0.1) is 6.92 Å². The minimum absolute atomic E-state index is 0.0749. The highest BCUT2D eigenvalue weighted by atomic mass is 35.5. The number of fused-ring (bicyclic) bond motifs is 1. The molecular formula is C48H59Cl2N5O5S. The molecule has 10 nitrogen and oxygen atoms in total. The first kappa shape index (κ1) is 47.3. The van der Waals surface area contributed by atoms with Crippen LogP contribution >= 0.6 is 23.2 Å². The zero-order valence-corrected chi connectivity index (χ0v) is 38.0. The third-order valence-electron chi connectivity index (χ3n) is 10.5. The summed E-state index contributed by atoms with van der Waals surface area (Å²) in [6.07, 6.45) is 18.7. The lowest BCUT2D eigenvalue weighted by Gasteiger charge is -2.19. The summed E-state index contributed by atoms with van der Waals surface area (Å²) in [6, 6.07) is 28.9. The van der Waals surface area contributed by atoms with Crippen LogP contribution in [0.3, 0.4) is 0 Å². The molecule has 4 aromatic carbocycles. The molecule has 0 saturated carbocycles. The van der Waals surface area contributed by atoms with E-state index in [1.54, 1.807) is 11.1 Å². The van der Waals surface area contributed by atoms with Crippen molar-refractivity contribution in [1.29, 1.82) is 0 Å². The van der Waals surface area contributed by atoms with Gasteiger partial charge in [-0.2, -0.15) is 10.1 Å². The molecule has 0 fully saturated rings. The second kappa shape index (κ2) is 24.7. The maximum Gasteiger partial charge on any atom is 0.397 e. The number of ether oxygens (including phenoxy) is 1. The fourth-order valence-electron chi connectivity index (χ4n) is 7.15. The standard InChI is InChI=1S/C25H39NO3.C23H20Cl2N4O2S/c1-3-4-5-6-7-8-9-10-11-12-13-14-15-16-19-28-25-26-23-18-17-21(2)20-22(23)24(27)29-25;1-26-23(28-32(30,31)20-13-11-19(25)12-14-20)29-15-21(16-5-3-2-4-6-16)22(27-29)17-7-9-18(24)10-8-17/h17-18,20H,3-16,19H2,1-2H3;2-14,21H,15H2,1H3,(H,26,28). The summed E-state index contributed by atoms with van der Waals surface area (Å²) in [4.78, 5) is 20.6. The molecular weight excluding hydrogens is 830 g/mol. The topological polar surface area (TPSA) is 126 Å². The minimum Gasteiger partial charge on any atom is -0.450 e. The third-order valence-corrected chi connectivity index (χ3v) is 12.4. The average Bonchev–Trinajstić information content (AvgIpc) is 3.71. The number of aromatic nitrogens is 1. The summed E-state index contributed by atoms with van der Waals surface area (Å²) in [5.41, 5.74) is 4.04. The number of rotatable bonds is 20. The van der Waals surface area contributed by atoms with Crippen LogP contribution in [0.15, 0.2) is 121 Å². The number of guanidine groups is 1. The first-order valence-corrected chi connectivity index (χ1v) is 23.8. The van der Waals surface area contributed by atoms with Crippen LogP contribution in [0.25, 0.3) is 10.9 Å². The highest BCUT2D eigenvalue weighted by molar-refractivity contribution is 7.90. The van der Waals surface area contributed by atoms with Crippen molar-refractivity contribution in [3.8, 4) is 6.08 Å². The number of hydrazone groups is 1. The van der Waals surface area contributed by atoms with Gasteiger partial charge < -0.3 is 9.15 Å². The number of unbranched alkanes of at least 4 members (excludes halogenated alkanes) is 13. The molecule has 1 aliphatic rings. The molecule has 1 unspecified atom stereocenters. The third kappa shape index (κ3) is 15.0. The predicted molar refractivity (Wildman–Crippen MR) is 250 cm³/mol. The van der Waals surface area contributed by atoms with E-state index in [1.807, 2.05) is 73.7 Å². The molecule has 1 N–H and O–H groups in total. The van der Waals surface area contributed by atoms with Crippen molar-refractivity contribution < 1.29 is 17.6 Å². The van der Waals surface area contributed by atoms with Gasteiger partial charge in [0.05, 0.1) is 34.7 Å². The molecule has 1 aromatic heterocycles. The van der Waals surface area contributed by atoms with Crippen molar-refractivity contribution in [2.24, 2.45) is 10.1 Å². The molecule has 0 saturated heterocycles. The Balaban J connectivity index is 0.000000232. The Morgan fingerprint density at radius 3 is 1.97 bits per heavy atom. The quantitative estimate of drug-likeness (QED) is 0.0468. The highest BCUT2D eigenvalue weighted by Crippen LogP contribution is 2.30. The fourth-order valence-corrected chi connectivity index (χ4v) is 8.45. The summed E-state index contributed by atoms with van der Waals surface area (Å²) >= 11 is 11.9. The Bertz CT molecular complexity index is 2340. The average molecular weight is 889 g/mol. The summed E-state index contributed by atoms with van der Waals surface area (Å²) in [5, 5.41) is 7.91. The second-order valence-corrected chi connectivity index (χ2v) is 17.9. The van der Waals surface area contributed by atoms with Crippen molar-refractivity contribution in [2.45, 2.75) is 115 Å². The molecule has 1 aliphatic heterocycles. The van der Waals surface area contributed by atoms with Gasteiger partial charge in [0.15, 0.2) is 0 Å². The van der Waals surface area contributed by atoms with E-state index in [-0.39, 0.29) is 28.5 Å². The van der Waals surface area contributed by atoms with E-state index in [2.05, 4.69) is 21.6 Å². The lowest BCUT2D eigenvalue weighted by molar-refractivity contribution is 0.211. The van der Waals surface area contributed by atoms with Crippen molar-refractivity contribution in [1.82, 2.24) is 14.7 Å². The van der Waals surface area contributed by atoms with Gasteiger partial charge in [0.1, 0.15) is 0 Å². The number of halogens is 2. The zero-order chi connectivity index (χ0) is 43.5. The van der Waals surface area contributed by atoms with Crippen molar-refractivity contribution >= 4 is 55.8 Å². The van der Waals surface area contributed by atoms with Gasteiger partial charge in [0.2, 0.25) is 5.96 Å². The number of hydrogen-bond acceptors (Lipinski definition) is 8. The normalized spacial score (nSPS) is 14.1. The first-order chi connectivity index (χ1) is 29.6. The number of nitrogens with zero attached hydrogens (tertiary/aromatic N) is 4. The van der Waals surface area contributed by atoms with Gasteiger partial charge in [-0.05, 0) is 73.0 Å². The van der Waals surface area contributed by atoms with Crippen molar-refractivity contribution in [3.05, 3.63) is 134 Å². The van der Waals surface area contributed by atoms with E-state index >= 15 is 0 Å². The number of sulfonamides is 1. The van der Waals surface area contributed by atoms with E-state index in [4.69, 9.17) is 37.5 Å². The molecule has 61 heavy (non-hydrogen) atoms. The second-order valence-electron chi connectivity index (χ2n) is 15.4. The Morgan fingerprint density at radius 2 is 1.38 bits per heavy atom. The van der Waals surface area contributed by atoms with E-state index in [0.717, 1.165) is 35.2 Å². The van der Waals surface area contributed by atoms with Crippen LogP contribution in [0.5, 0.6) is 6.08 Å². The van der Waals surface area contributed by atoms with Crippen molar-refractivity contribution in [2.75, 3.05) is 20.2 Å². The Labute approximate surface area is 371 Å². The summed E-state index contributed by atoms with van der Waals surface area (Å²) < 4.78 is 39.1. The molecule has 0 bridgehead atoms. The van der Waals surface area contributed by atoms with E-state index < -0.39 is 10.0 Å². The molecule has 0 amide bonds. The smallest absolute Gasteiger partial charge is 0.397 e. The number of aryl methyl sites for hydroxylation is 1. The van der Waals surface area contributed by atoms with E-state index in [1.165, 1.54) is 108 Å². The number of hydrogen-bond donors (Lipinski definition) is 1. The van der Waals surface area contributed by atoms with Gasteiger partial charge >= 0.3 is 11.7 Å². The fraction of sp³-hybridized carbons (Fsp3) is 0.417. The summed E-state index contributed by atoms with van der Waals surface area (Å²) in [7, 11) is -2.34. The number of benzene rings is 4. The number of aliphatic imine (C=N–C) groups is 1. The Hall–Kier alpha value is -4.71. The molecule has 5 aromatic rings. The SMILES string of the molecule is CCCCCCCCCCCCCCCCOc1nc2ccc(C)cc2c(=O)o1.CN=C(NS(=O)(=O)c1ccc(Cl)cc1)N1CC(c2ccccc2)C(c2ccc(Cl)cc2)=N1. The summed E-state index contributed by atoms with van der Waals surface area (Å²) in [6.45, 7) is 5.19. The van der Waals surface area contributed by atoms with Crippen LogP contribution in [-0.2, 0) is 10.0 Å². The van der Waals surface area contributed by atoms with Gasteiger partial charge in [-0.15, -0.1) is 0 Å². The number of nitrogens with one attached hydrogen (secondary N) is 1. The molecule has 6 rings (SSSR count). The zero-order valence-electron chi connectivity index (χ0n) is 35.6. The van der Waals surface area contributed by atoms with Gasteiger partial charge in [-0.3, -0.25) is 4.99 Å². The highest BCUT2D eigenvalue weighted by Gasteiger charge is 2.33. The molecule has 0 aliphatic carbocycles. The molecule has 13 heteroatoms. The van der Waals surface area contributed by atoms with E-state index in [0.29, 0.717) is 34.1 Å². The Kier molecular flexibility index (Phi) is 19.1. The Morgan fingerprint density at radius 1 is 0.803 bits per heavy atom.